The fourth-order valence-corrected chi connectivity index (χ4v) is 1.24. The molecule has 0 fully saturated rings. The summed E-state index contributed by atoms with van der Waals surface area (Å²) in [6.45, 7) is 2.17. The summed E-state index contributed by atoms with van der Waals surface area (Å²) in [6, 6.07) is 0. The lowest BCUT2D eigenvalue weighted by atomic mass is 10.1. The molecule has 0 heterocycles. The fraction of sp³-hybridized carbons (Fsp3) is 1.00. The lowest BCUT2D eigenvalue weighted by Gasteiger charge is -2.07. The number of hydrogen-bond acceptors (Lipinski definition) is 1. The fourth-order valence-electron chi connectivity index (χ4n) is 1.09. The van der Waals surface area contributed by atoms with Crippen LogP contribution in [-0.2, 0) is 0 Å². The van der Waals surface area contributed by atoms with E-state index in [2.05, 4.69) is 6.92 Å². The van der Waals surface area contributed by atoms with Crippen LogP contribution in [0.2, 0.25) is 0 Å². The van der Waals surface area contributed by atoms with Crippen molar-refractivity contribution in [2.24, 2.45) is 0 Å². The second kappa shape index (κ2) is 8.35. The molecule has 0 aromatic rings. The highest BCUT2D eigenvalue weighted by Gasteiger charge is 2.01. The zero-order valence-electron chi connectivity index (χ0n) is 7.35. The number of unbranched alkanes of at least 4 members (excludes halogenated alkanes) is 2. The van der Waals surface area contributed by atoms with E-state index in [0.29, 0.717) is 5.88 Å². The SMILES string of the molecule is CCCCC[C@H](O)CCCCl. The van der Waals surface area contributed by atoms with Gasteiger partial charge in [-0.25, -0.2) is 0 Å². The molecule has 1 nitrogen and oxygen atoms in total. The minimum atomic E-state index is -0.111. The van der Waals surface area contributed by atoms with Gasteiger partial charge in [-0.3, -0.25) is 0 Å². The smallest absolute Gasteiger partial charge is 0.0540 e. The van der Waals surface area contributed by atoms with E-state index in [9.17, 15) is 5.11 Å². The van der Waals surface area contributed by atoms with Gasteiger partial charge >= 0.3 is 0 Å². The van der Waals surface area contributed by atoms with Crippen LogP contribution in [0.4, 0.5) is 0 Å². The second-order valence-electron chi connectivity index (χ2n) is 2.98. The van der Waals surface area contributed by atoms with Crippen molar-refractivity contribution < 1.29 is 5.11 Å². The summed E-state index contributed by atoms with van der Waals surface area (Å²) < 4.78 is 0. The molecule has 0 aliphatic rings. The Morgan fingerprint density at radius 2 is 1.82 bits per heavy atom. The third-order valence-corrected chi connectivity index (χ3v) is 2.08. The maximum Gasteiger partial charge on any atom is 0.0540 e. The van der Waals surface area contributed by atoms with Crippen molar-refractivity contribution in [1.29, 1.82) is 0 Å². The van der Waals surface area contributed by atoms with Gasteiger partial charge < -0.3 is 5.11 Å². The van der Waals surface area contributed by atoms with Crippen molar-refractivity contribution in [3.05, 3.63) is 0 Å². The summed E-state index contributed by atoms with van der Waals surface area (Å²) >= 11 is 5.50. The van der Waals surface area contributed by atoms with Crippen molar-refractivity contribution in [3.63, 3.8) is 0 Å². The highest BCUT2D eigenvalue weighted by Crippen LogP contribution is 2.08. The average Bonchev–Trinajstić information content (AvgIpc) is 2.01. The first kappa shape index (κ1) is 11.2. The van der Waals surface area contributed by atoms with E-state index in [1.807, 2.05) is 0 Å². The van der Waals surface area contributed by atoms with Gasteiger partial charge in [0.25, 0.3) is 0 Å². The van der Waals surface area contributed by atoms with E-state index in [-0.39, 0.29) is 6.10 Å². The van der Waals surface area contributed by atoms with Crippen molar-refractivity contribution in [1.82, 2.24) is 0 Å². The van der Waals surface area contributed by atoms with E-state index < -0.39 is 0 Å². The van der Waals surface area contributed by atoms with Crippen molar-refractivity contribution in [3.8, 4) is 0 Å². The van der Waals surface area contributed by atoms with Gasteiger partial charge in [-0.05, 0) is 19.3 Å². The van der Waals surface area contributed by atoms with Gasteiger partial charge in [-0.15, -0.1) is 11.6 Å². The molecule has 0 saturated heterocycles. The summed E-state index contributed by atoms with van der Waals surface area (Å²) in [4.78, 5) is 0. The molecule has 0 amide bonds. The van der Waals surface area contributed by atoms with Crippen LogP contribution >= 0.6 is 11.6 Å². The monoisotopic (exact) mass is 178 g/mol. The molecular formula is C9H19ClO. The van der Waals surface area contributed by atoms with Gasteiger partial charge in [0.1, 0.15) is 0 Å². The van der Waals surface area contributed by atoms with Crippen LogP contribution in [0.1, 0.15) is 45.4 Å². The summed E-state index contributed by atoms with van der Waals surface area (Å²) in [5, 5.41) is 9.35. The molecule has 2 heteroatoms. The van der Waals surface area contributed by atoms with Gasteiger partial charge in [-0.2, -0.15) is 0 Å². The highest BCUT2D eigenvalue weighted by molar-refractivity contribution is 6.17. The minimum absolute atomic E-state index is 0.111. The van der Waals surface area contributed by atoms with Crippen LogP contribution in [-0.4, -0.2) is 17.1 Å². The standard InChI is InChI=1S/C9H19ClO/c1-2-3-4-6-9(11)7-5-8-10/h9,11H,2-8H2,1H3/t9-/m0/s1. The van der Waals surface area contributed by atoms with Crippen LogP contribution in [0, 0.1) is 0 Å². The largest absolute Gasteiger partial charge is 0.393 e. The minimum Gasteiger partial charge on any atom is -0.393 e. The molecule has 0 unspecified atom stereocenters. The van der Waals surface area contributed by atoms with Gasteiger partial charge in [0.05, 0.1) is 6.10 Å². The van der Waals surface area contributed by atoms with E-state index in [4.69, 9.17) is 11.6 Å². The number of aliphatic hydroxyl groups excluding tert-OH is 1. The Balaban J connectivity index is 3.02. The quantitative estimate of drug-likeness (QED) is 0.470. The van der Waals surface area contributed by atoms with E-state index in [0.717, 1.165) is 25.7 Å². The number of aliphatic hydroxyl groups is 1. The first-order valence-electron chi connectivity index (χ1n) is 4.55. The van der Waals surface area contributed by atoms with Crippen LogP contribution in [0.15, 0.2) is 0 Å². The zero-order chi connectivity index (χ0) is 8.53. The Bertz CT molecular complexity index is 76.0. The normalized spacial score (nSPS) is 13.4. The Hall–Kier alpha value is 0.250. The van der Waals surface area contributed by atoms with Gasteiger partial charge in [0.15, 0.2) is 0 Å². The molecule has 0 bridgehead atoms. The molecule has 1 atom stereocenters. The first-order valence-corrected chi connectivity index (χ1v) is 5.08. The Labute approximate surface area is 74.8 Å². The van der Waals surface area contributed by atoms with E-state index in [1.54, 1.807) is 0 Å². The predicted octanol–water partition coefficient (Wildman–Crippen LogP) is 2.95. The first-order chi connectivity index (χ1) is 5.31. The number of alkyl halides is 1. The van der Waals surface area contributed by atoms with Crippen LogP contribution < -0.4 is 0 Å². The third-order valence-electron chi connectivity index (χ3n) is 1.81. The van der Waals surface area contributed by atoms with Gasteiger partial charge in [-0.1, -0.05) is 26.2 Å². The molecular weight excluding hydrogens is 160 g/mol. The van der Waals surface area contributed by atoms with Crippen molar-refractivity contribution in [2.75, 3.05) is 5.88 Å². The molecule has 0 aromatic heterocycles. The molecule has 11 heavy (non-hydrogen) atoms. The molecule has 0 saturated carbocycles. The molecule has 0 spiro atoms. The number of halogens is 1. The number of hydrogen-bond donors (Lipinski definition) is 1. The predicted molar refractivity (Wildman–Crippen MR) is 50.1 cm³/mol. The molecule has 68 valence electrons. The average molecular weight is 179 g/mol. The third kappa shape index (κ3) is 8.15. The molecule has 0 rings (SSSR count). The van der Waals surface area contributed by atoms with E-state index >= 15 is 0 Å². The lowest BCUT2D eigenvalue weighted by molar-refractivity contribution is 0.150. The maximum atomic E-state index is 9.35. The Kier molecular flexibility index (Phi) is 8.54. The van der Waals surface area contributed by atoms with Crippen LogP contribution in [0.25, 0.3) is 0 Å². The summed E-state index contributed by atoms with van der Waals surface area (Å²) in [6.07, 6.45) is 6.26. The van der Waals surface area contributed by atoms with Gasteiger partial charge in [0.2, 0.25) is 0 Å². The maximum absolute atomic E-state index is 9.35. The van der Waals surface area contributed by atoms with Crippen molar-refractivity contribution in [2.45, 2.75) is 51.6 Å². The second-order valence-corrected chi connectivity index (χ2v) is 3.36. The Morgan fingerprint density at radius 3 is 2.36 bits per heavy atom. The topological polar surface area (TPSA) is 20.2 Å². The Morgan fingerprint density at radius 1 is 1.18 bits per heavy atom. The van der Waals surface area contributed by atoms with Crippen LogP contribution in [0.3, 0.4) is 0 Å². The molecule has 0 aliphatic carbocycles. The van der Waals surface area contributed by atoms with Crippen LogP contribution in [0.5, 0.6) is 0 Å². The molecule has 0 aliphatic heterocycles. The summed E-state index contributed by atoms with van der Waals surface area (Å²) in [5.41, 5.74) is 0. The summed E-state index contributed by atoms with van der Waals surface area (Å²) in [7, 11) is 0. The summed E-state index contributed by atoms with van der Waals surface area (Å²) in [5.74, 6) is 0.671. The highest BCUT2D eigenvalue weighted by atomic mass is 35.5. The molecule has 0 radical (unpaired) electrons. The lowest BCUT2D eigenvalue weighted by Crippen LogP contribution is -2.05. The van der Waals surface area contributed by atoms with Gasteiger partial charge in [0, 0.05) is 5.88 Å². The molecule has 0 aromatic carbocycles. The number of rotatable bonds is 7. The molecule has 1 N–H and O–H groups in total. The van der Waals surface area contributed by atoms with E-state index in [1.165, 1.54) is 12.8 Å². The van der Waals surface area contributed by atoms with Crippen molar-refractivity contribution >= 4 is 11.6 Å². The zero-order valence-corrected chi connectivity index (χ0v) is 8.11.